The number of hydrogen-bond donors (Lipinski definition) is 3. The normalized spacial score (nSPS) is 16.5. The summed E-state index contributed by atoms with van der Waals surface area (Å²) in [6.45, 7) is 0. The third-order valence-corrected chi connectivity index (χ3v) is 5.69. The van der Waals surface area contributed by atoms with E-state index in [1.165, 1.54) is 6.20 Å². The van der Waals surface area contributed by atoms with Crippen molar-refractivity contribution in [3.05, 3.63) is 94.8 Å². The van der Waals surface area contributed by atoms with Crippen LogP contribution in [0.25, 0.3) is 0 Å². The monoisotopic (exact) mass is 461 g/mol. The number of urea groups is 1. The molecule has 1 aliphatic carbocycles. The number of benzene rings is 2. The molecule has 6 nitrogen and oxygen atoms in total. The number of aryl methyl sites for hydroxylation is 1. The van der Waals surface area contributed by atoms with Crippen molar-refractivity contribution in [1.29, 1.82) is 0 Å². The van der Waals surface area contributed by atoms with Gasteiger partial charge < -0.3 is 15.7 Å². The Bertz CT molecular complexity index is 1280. The number of anilines is 1. The summed E-state index contributed by atoms with van der Waals surface area (Å²) in [6, 6.07) is 11.9. The molecule has 1 heterocycles. The first-order valence-electron chi connectivity index (χ1n) is 10.7. The van der Waals surface area contributed by atoms with Crippen molar-refractivity contribution >= 4 is 17.7 Å². The molecule has 2 aromatic carbocycles. The number of amides is 2. The molecule has 1 aliphatic rings. The molecule has 3 N–H and O–H groups in total. The quantitative estimate of drug-likeness (QED) is 0.496. The van der Waals surface area contributed by atoms with Crippen molar-refractivity contribution in [2.24, 2.45) is 0 Å². The van der Waals surface area contributed by atoms with Gasteiger partial charge in [-0.1, -0.05) is 30.0 Å². The van der Waals surface area contributed by atoms with Crippen LogP contribution in [0.4, 0.5) is 19.3 Å². The standard InChI is InChI=1S/C26H21F2N3O3/c27-21-13-18(9-8-17-5-2-1-3-6-17)14-22(28)24(21)30-25(34)31-26(15-23(32)33)11-4-7-19-10-12-29-16-20(19)26/h1-3,5-6,10,12-14,16H,4,7,11,15H2,(H,32,33)(H2,30,31,34). The second kappa shape index (κ2) is 9.71. The minimum Gasteiger partial charge on any atom is -0.481 e. The maximum atomic E-state index is 14.7. The molecular formula is C26H21F2N3O3. The number of nitrogens with one attached hydrogen (secondary N) is 2. The Morgan fingerprint density at radius 3 is 2.47 bits per heavy atom. The average Bonchev–Trinajstić information content (AvgIpc) is 2.81. The molecule has 8 heteroatoms. The number of carbonyl (C=O) groups is 2. The molecule has 0 radical (unpaired) electrons. The van der Waals surface area contributed by atoms with E-state index < -0.39 is 41.3 Å². The Kier molecular flexibility index (Phi) is 6.55. The predicted molar refractivity (Wildman–Crippen MR) is 122 cm³/mol. The molecule has 0 spiro atoms. The van der Waals surface area contributed by atoms with E-state index in [0.717, 1.165) is 24.1 Å². The number of rotatable bonds is 4. The molecule has 1 unspecified atom stereocenters. The van der Waals surface area contributed by atoms with Gasteiger partial charge in [-0.3, -0.25) is 9.78 Å². The fraction of sp³-hybridized carbons (Fsp3) is 0.192. The molecule has 34 heavy (non-hydrogen) atoms. The second-order valence-corrected chi connectivity index (χ2v) is 8.05. The van der Waals surface area contributed by atoms with Gasteiger partial charge in [-0.05, 0) is 60.7 Å². The van der Waals surface area contributed by atoms with Gasteiger partial charge in [0.15, 0.2) is 11.6 Å². The van der Waals surface area contributed by atoms with Gasteiger partial charge in [-0.15, -0.1) is 0 Å². The zero-order chi connectivity index (χ0) is 24.1. The highest BCUT2D eigenvalue weighted by Gasteiger charge is 2.40. The summed E-state index contributed by atoms with van der Waals surface area (Å²) in [6.07, 6.45) is 4.45. The van der Waals surface area contributed by atoms with E-state index in [2.05, 4.69) is 27.5 Å². The van der Waals surface area contributed by atoms with Crippen molar-refractivity contribution in [3.63, 3.8) is 0 Å². The van der Waals surface area contributed by atoms with Gasteiger partial charge in [0.05, 0.1) is 12.0 Å². The van der Waals surface area contributed by atoms with E-state index in [4.69, 9.17) is 0 Å². The lowest BCUT2D eigenvalue weighted by Gasteiger charge is -2.38. The van der Waals surface area contributed by atoms with Crippen LogP contribution in [0, 0.1) is 23.5 Å². The van der Waals surface area contributed by atoms with Crippen LogP contribution < -0.4 is 10.6 Å². The number of carboxylic acids is 1. The summed E-state index contributed by atoms with van der Waals surface area (Å²) in [5, 5.41) is 14.3. The number of carbonyl (C=O) groups excluding carboxylic acids is 1. The van der Waals surface area contributed by atoms with E-state index >= 15 is 0 Å². The lowest BCUT2D eigenvalue weighted by atomic mass is 9.75. The van der Waals surface area contributed by atoms with Crippen molar-refractivity contribution in [3.8, 4) is 11.8 Å². The van der Waals surface area contributed by atoms with Gasteiger partial charge in [0, 0.05) is 23.5 Å². The van der Waals surface area contributed by atoms with Crippen LogP contribution in [0.2, 0.25) is 0 Å². The van der Waals surface area contributed by atoms with Crippen LogP contribution in [0.5, 0.6) is 0 Å². The minimum atomic E-state index is -1.24. The molecule has 3 aromatic rings. The van der Waals surface area contributed by atoms with Gasteiger partial charge in [-0.2, -0.15) is 0 Å². The Morgan fingerprint density at radius 2 is 1.76 bits per heavy atom. The van der Waals surface area contributed by atoms with E-state index in [1.807, 2.05) is 6.07 Å². The van der Waals surface area contributed by atoms with Crippen LogP contribution in [0.15, 0.2) is 60.9 Å². The van der Waals surface area contributed by atoms with Crippen LogP contribution in [-0.4, -0.2) is 22.1 Å². The third-order valence-electron chi connectivity index (χ3n) is 5.69. The maximum absolute atomic E-state index is 14.7. The van der Waals surface area contributed by atoms with Gasteiger partial charge in [0.25, 0.3) is 0 Å². The molecule has 0 bridgehead atoms. The molecule has 0 saturated heterocycles. The lowest BCUT2D eigenvalue weighted by molar-refractivity contribution is -0.138. The van der Waals surface area contributed by atoms with Gasteiger partial charge in [0.1, 0.15) is 5.69 Å². The Hall–Kier alpha value is -4.25. The molecule has 0 saturated carbocycles. The molecule has 1 atom stereocenters. The van der Waals surface area contributed by atoms with Gasteiger partial charge >= 0.3 is 12.0 Å². The molecule has 2 amide bonds. The number of aromatic nitrogens is 1. The Balaban J connectivity index is 1.56. The van der Waals surface area contributed by atoms with E-state index in [1.54, 1.807) is 36.5 Å². The van der Waals surface area contributed by atoms with Gasteiger partial charge in [0.2, 0.25) is 0 Å². The number of nitrogens with zero attached hydrogens (tertiary/aromatic N) is 1. The third kappa shape index (κ3) is 5.04. The summed E-state index contributed by atoms with van der Waals surface area (Å²) in [5.74, 6) is 2.41. The van der Waals surface area contributed by atoms with Crippen molar-refractivity contribution < 1.29 is 23.5 Å². The summed E-state index contributed by atoms with van der Waals surface area (Å²) >= 11 is 0. The summed E-state index contributed by atoms with van der Waals surface area (Å²) in [4.78, 5) is 28.5. The lowest BCUT2D eigenvalue weighted by Crippen LogP contribution is -2.51. The summed E-state index contributed by atoms with van der Waals surface area (Å²) in [7, 11) is 0. The first kappa shape index (κ1) is 22.9. The number of pyridine rings is 1. The molecular weight excluding hydrogens is 440 g/mol. The second-order valence-electron chi connectivity index (χ2n) is 8.05. The smallest absolute Gasteiger partial charge is 0.320 e. The Morgan fingerprint density at radius 1 is 1.06 bits per heavy atom. The largest absolute Gasteiger partial charge is 0.481 e. The molecule has 172 valence electrons. The summed E-state index contributed by atoms with van der Waals surface area (Å²) in [5.41, 5.74) is 0.379. The van der Waals surface area contributed by atoms with Crippen LogP contribution >= 0.6 is 0 Å². The fourth-order valence-electron chi connectivity index (χ4n) is 4.20. The SMILES string of the molecule is O=C(O)CC1(NC(=O)Nc2c(F)cc(C#Cc3ccccc3)cc2F)CCCc2ccncc21. The number of halogens is 2. The average molecular weight is 461 g/mol. The molecule has 0 aliphatic heterocycles. The topological polar surface area (TPSA) is 91.3 Å². The van der Waals surface area contributed by atoms with Crippen LogP contribution in [0.1, 0.15) is 41.5 Å². The highest BCUT2D eigenvalue weighted by atomic mass is 19.1. The van der Waals surface area contributed by atoms with Crippen LogP contribution in [0.3, 0.4) is 0 Å². The van der Waals surface area contributed by atoms with Crippen LogP contribution in [-0.2, 0) is 16.8 Å². The zero-order valence-corrected chi connectivity index (χ0v) is 18.1. The van der Waals surface area contributed by atoms with Crippen molar-refractivity contribution in [2.45, 2.75) is 31.2 Å². The number of hydrogen-bond acceptors (Lipinski definition) is 3. The Labute approximate surface area is 195 Å². The van der Waals surface area contributed by atoms with E-state index in [9.17, 15) is 23.5 Å². The number of fused-ring (bicyclic) bond motifs is 1. The van der Waals surface area contributed by atoms with E-state index in [-0.39, 0.29) is 5.56 Å². The van der Waals surface area contributed by atoms with Crippen molar-refractivity contribution in [2.75, 3.05) is 5.32 Å². The first-order valence-corrected chi connectivity index (χ1v) is 10.7. The molecule has 0 fully saturated rings. The molecule has 4 rings (SSSR count). The predicted octanol–water partition coefficient (Wildman–Crippen LogP) is 4.59. The highest BCUT2D eigenvalue weighted by molar-refractivity contribution is 5.91. The summed E-state index contributed by atoms with van der Waals surface area (Å²) < 4.78 is 29.3. The number of aliphatic carboxylic acids is 1. The minimum absolute atomic E-state index is 0.111. The molecule has 1 aromatic heterocycles. The van der Waals surface area contributed by atoms with E-state index in [0.29, 0.717) is 24.0 Å². The fourth-order valence-corrected chi connectivity index (χ4v) is 4.20. The zero-order valence-electron chi connectivity index (χ0n) is 18.1. The highest BCUT2D eigenvalue weighted by Crippen LogP contribution is 2.37. The number of carboxylic acid groups (broad SMARTS) is 1. The first-order chi connectivity index (χ1) is 16.4. The van der Waals surface area contributed by atoms with Crippen molar-refractivity contribution in [1.82, 2.24) is 10.3 Å². The van der Waals surface area contributed by atoms with Gasteiger partial charge in [-0.25, -0.2) is 13.6 Å². The maximum Gasteiger partial charge on any atom is 0.320 e.